The topological polar surface area (TPSA) is 116 Å². The normalized spacial score (nSPS) is 14.7. The molecule has 1 aliphatic heterocycles. The van der Waals surface area contributed by atoms with Crippen molar-refractivity contribution in [2.45, 2.75) is 27.3 Å². The van der Waals surface area contributed by atoms with Gasteiger partial charge in [0.15, 0.2) is 5.75 Å². The maximum absolute atomic E-state index is 12.9. The highest BCUT2D eigenvalue weighted by molar-refractivity contribution is 8.18. The largest absolute Gasteiger partial charge is 0.485 e. The minimum absolute atomic E-state index is 0.0503. The molecule has 0 unspecified atom stereocenters. The molecule has 2 aromatic rings. The highest BCUT2D eigenvalue weighted by atomic mass is 32.2. The number of nitro benzene ring substituents is 1. The smallest absolute Gasteiger partial charge is 0.322 e. The molecule has 1 aliphatic rings. The van der Waals surface area contributed by atoms with E-state index in [0.29, 0.717) is 11.8 Å². The predicted octanol–water partition coefficient (Wildman–Crippen LogP) is 4.46. The Hall–Kier alpha value is -3.66. The summed E-state index contributed by atoms with van der Waals surface area (Å²) in [5.74, 6) is -1.53. The van der Waals surface area contributed by atoms with Gasteiger partial charge in [0.1, 0.15) is 0 Å². The zero-order valence-corrected chi connectivity index (χ0v) is 18.4. The first-order valence-corrected chi connectivity index (χ1v) is 10.5. The van der Waals surface area contributed by atoms with E-state index in [4.69, 9.17) is 9.47 Å². The van der Waals surface area contributed by atoms with Gasteiger partial charge in [-0.3, -0.25) is 29.4 Å². The molecule has 3 rings (SSSR count). The van der Waals surface area contributed by atoms with E-state index >= 15 is 0 Å². The average Bonchev–Trinajstić information content (AvgIpc) is 2.98. The lowest BCUT2D eigenvalue weighted by atomic mass is 10.1. The van der Waals surface area contributed by atoms with Gasteiger partial charge in [0.05, 0.1) is 28.5 Å². The number of nitrogens with zero attached hydrogens (tertiary/aromatic N) is 2. The molecule has 1 saturated heterocycles. The number of aryl methyl sites for hydroxylation is 1. The molecular formula is C22H20N2O7S. The number of amides is 2. The van der Waals surface area contributed by atoms with Crippen molar-refractivity contribution in [3.63, 3.8) is 0 Å². The number of carbonyl (C=O) groups excluding carboxylic acids is 3. The minimum atomic E-state index is -0.679. The molecule has 9 nitrogen and oxygen atoms in total. The van der Waals surface area contributed by atoms with Crippen LogP contribution in [-0.4, -0.2) is 33.5 Å². The van der Waals surface area contributed by atoms with Crippen LogP contribution in [0, 0.1) is 17.0 Å². The van der Waals surface area contributed by atoms with Crippen molar-refractivity contribution in [2.24, 2.45) is 0 Å². The molecule has 0 atom stereocenters. The summed E-state index contributed by atoms with van der Waals surface area (Å²) in [5.41, 5.74) is 1.35. The number of benzene rings is 2. The van der Waals surface area contributed by atoms with Crippen molar-refractivity contribution in [3.8, 4) is 11.5 Å². The van der Waals surface area contributed by atoms with Crippen molar-refractivity contribution in [3.05, 3.63) is 68.1 Å². The molecule has 2 amide bonds. The predicted molar refractivity (Wildman–Crippen MR) is 118 cm³/mol. The molecule has 1 heterocycles. The van der Waals surface area contributed by atoms with Crippen molar-refractivity contribution < 1.29 is 28.8 Å². The molecule has 0 radical (unpaired) electrons. The fourth-order valence-corrected chi connectivity index (χ4v) is 3.96. The van der Waals surface area contributed by atoms with Crippen LogP contribution in [0.25, 0.3) is 6.08 Å². The van der Waals surface area contributed by atoms with Crippen LogP contribution in [0.1, 0.15) is 30.5 Å². The quantitative estimate of drug-likeness (QED) is 0.197. The average molecular weight is 456 g/mol. The second-order valence-corrected chi connectivity index (χ2v) is 7.80. The van der Waals surface area contributed by atoms with Gasteiger partial charge in [-0.25, -0.2) is 0 Å². The number of imide groups is 1. The molecule has 32 heavy (non-hydrogen) atoms. The first-order chi connectivity index (χ1) is 15.2. The SMILES string of the molecule is CCOc1c(OC(C)=O)ccc(/C=C2\SC(=O)N(Cc3ccccc3C)C2=O)c1[N+](=O)[O-]. The zero-order chi connectivity index (χ0) is 23.4. The third-order valence-electron chi connectivity index (χ3n) is 4.60. The maximum Gasteiger partial charge on any atom is 0.322 e. The Kier molecular flexibility index (Phi) is 6.94. The van der Waals surface area contributed by atoms with Gasteiger partial charge < -0.3 is 9.47 Å². The van der Waals surface area contributed by atoms with Crippen molar-refractivity contribution in [1.29, 1.82) is 0 Å². The van der Waals surface area contributed by atoms with E-state index in [1.165, 1.54) is 25.1 Å². The fourth-order valence-electron chi connectivity index (χ4n) is 3.13. The van der Waals surface area contributed by atoms with Crippen LogP contribution in [-0.2, 0) is 16.1 Å². The summed E-state index contributed by atoms with van der Waals surface area (Å²) in [5, 5.41) is 11.3. The van der Waals surface area contributed by atoms with Gasteiger partial charge in [-0.2, -0.15) is 0 Å². The number of carbonyl (C=O) groups is 3. The number of hydrogen-bond donors (Lipinski definition) is 0. The van der Waals surface area contributed by atoms with Crippen molar-refractivity contribution in [1.82, 2.24) is 4.90 Å². The number of ether oxygens (including phenoxy) is 2. The van der Waals surface area contributed by atoms with E-state index in [0.717, 1.165) is 16.0 Å². The second-order valence-electron chi connectivity index (χ2n) is 6.81. The molecule has 0 saturated carbocycles. The summed E-state index contributed by atoms with van der Waals surface area (Å²) in [6.45, 7) is 4.87. The van der Waals surface area contributed by atoms with Crippen LogP contribution >= 0.6 is 11.8 Å². The first-order valence-electron chi connectivity index (χ1n) is 9.65. The van der Waals surface area contributed by atoms with Crippen molar-refractivity contribution in [2.75, 3.05) is 6.61 Å². The Morgan fingerprint density at radius 1 is 1.22 bits per heavy atom. The molecule has 0 bridgehead atoms. The highest BCUT2D eigenvalue weighted by Gasteiger charge is 2.36. The van der Waals surface area contributed by atoms with Gasteiger partial charge in [0.25, 0.3) is 11.1 Å². The van der Waals surface area contributed by atoms with E-state index in [2.05, 4.69) is 0 Å². The number of thioether (sulfide) groups is 1. The summed E-state index contributed by atoms with van der Waals surface area (Å²) < 4.78 is 10.4. The fraction of sp³-hybridized carbons (Fsp3) is 0.227. The summed E-state index contributed by atoms with van der Waals surface area (Å²) in [7, 11) is 0. The maximum atomic E-state index is 12.9. The van der Waals surface area contributed by atoms with Crippen molar-refractivity contribution >= 4 is 40.6 Å². The number of nitro groups is 1. The number of hydrogen-bond acceptors (Lipinski definition) is 8. The summed E-state index contributed by atoms with van der Waals surface area (Å²) in [6, 6.07) is 10.1. The van der Waals surface area contributed by atoms with Crippen LogP contribution < -0.4 is 9.47 Å². The lowest BCUT2D eigenvalue weighted by Gasteiger charge is -2.14. The van der Waals surface area contributed by atoms with Crippen LogP contribution in [0.2, 0.25) is 0 Å². The third-order valence-corrected chi connectivity index (χ3v) is 5.51. The first kappa shape index (κ1) is 23.0. The number of rotatable bonds is 7. The summed E-state index contributed by atoms with van der Waals surface area (Å²) in [6.07, 6.45) is 1.28. The van der Waals surface area contributed by atoms with Gasteiger partial charge in [-0.05, 0) is 54.9 Å². The van der Waals surface area contributed by atoms with Crippen LogP contribution in [0.4, 0.5) is 10.5 Å². The summed E-state index contributed by atoms with van der Waals surface area (Å²) in [4.78, 5) is 49.0. The number of esters is 1. The van der Waals surface area contributed by atoms with Gasteiger partial charge >= 0.3 is 11.7 Å². The lowest BCUT2D eigenvalue weighted by molar-refractivity contribution is -0.386. The van der Waals surface area contributed by atoms with Gasteiger partial charge in [0, 0.05) is 6.92 Å². The van der Waals surface area contributed by atoms with E-state index in [1.54, 1.807) is 6.92 Å². The zero-order valence-electron chi connectivity index (χ0n) is 17.6. The van der Waals surface area contributed by atoms with E-state index < -0.39 is 27.7 Å². The summed E-state index contributed by atoms with van der Waals surface area (Å²) >= 11 is 0.706. The molecule has 10 heteroatoms. The van der Waals surface area contributed by atoms with E-state index in [1.807, 2.05) is 31.2 Å². The van der Waals surface area contributed by atoms with E-state index in [-0.39, 0.29) is 35.1 Å². The minimum Gasteiger partial charge on any atom is -0.485 e. The molecule has 0 aromatic heterocycles. The van der Waals surface area contributed by atoms with E-state index in [9.17, 15) is 24.5 Å². The van der Waals surface area contributed by atoms with Crippen LogP contribution in [0.5, 0.6) is 11.5 Å². The third kappa shape index (κ3) is 4.80. The molecule has 166 valence electrons. The van der Waals surface area contributed by atoms with Crippen LogP contribution in [0.15, 0.2) is 41.3 Å². The van der Waals surface area contributed by atoms with Gasteiger partial charge in [0.2, 0.25) is 5.75 Å². The monoisotopic (exact) mass is 456 g/mol. The Labute approximate surface area is 188 Å². The highest BCUT2D eigenvalue weighted by Crippen LogP contribution is 2.42. The van der Waals surface area contributed by atoms with Gasteiger partial charge in [-0.1, -0.05) is 24.3 Å². The molecule has 2 aromatic carbocycles. The Morgan fingerprint density at radius 3 is 2.56 bits per heavy atom. The lowest BCUT2D eigenvalue weighted by Crippen LogP contribution is -2.27. The molecule has 0 N–H and O–H groups in total. The Balaban J connectivity index is 2.00. The van der Waals surface area contributed by atoms with Crippen LogP contribution in [0.3, 0.4) is 0 Å². The molecule has 1 fully saturated rings. The molecule has 0 spiro atoms. The Bertz CT molecular complexity index is 1140. The standard InChI is InChI=1S/C22H20N2O7S/c1-4-30-20-17(31-14(3)25)10-9-15(19(20)24(28)29)11-18-21(26)23(22(27)32-18)12-16-8-6-5-7-13(16)2/h5-11H,4,12H2,1-3H3/b18-11-. The molecular weight excluding hydrogens is 436 g/mol. The Morgan fingerprint density at radius 2 is 1.94 bits per heavy atom. The molecule has 0 aliphatic carbocycles. The second kappa shape index (κ2) is 9.65. The van der Waals surface area contributed by atoms with Gasteiger partial charge in [-0.15, -0.1) is 0 Å².